The van der Waals surface area contributed by atoms with Gasteiger partial charge in [-0.2, -0.15) is 0 Å². The van der Waals surface area contributed by atoms with Crippen LogP contribution < -0.4 is 15.1 Å². The standard InChI is InChI=1S/C18H23N3O/c1-2-10-19-18(22)16-21-14-12-20(13-15-21)11-6-9-17-7-4-3-5-8-17/h1,3-9H,10-16H2,(H,19,22)/p+2/b9-6+. The minimum atomic E-state index is 0.0559. The Hall–Kier alpha value is -2.09. The molecule has 1 fully saturated rings. The highest BCUT2D eigenvalue weighted by Gasteiger charge is 2.23. The maximum absolute atomic E-state index is 11.6. The highest BCUT2D eigenvalue weighted by Crippen LogP contribution is 1.99. The van der Waals surface area contributed by atoms with E-state index in [0.717, 1.165) is 32.7 Å². The topological polar surface area (TPSA) is 38.0 Å². The van der Waals surface area contributed by atoms with Crippen LogP contribution in [-0.4, -0.2) is 51.7 Å². The van der Waals surface area contributed by atoms with Gasteiger partial charge in [0.1, 0.15) is 26.2 Å². The third-order valence-electron chi connectivity index (χ3n) is 3.98. The van der Waals surface area contributed by atoms with Gasteiger partial charge in [-0.25, -0.2) is 0 Å². The third-order valence-corrected chi connectivity index (χ3v) is 3.98. The number of benzene rings is 1. The fraction of sp³-hybridized carbons (Fsp3) is 0.389. The van der Waals surface area contributed by atoms with Gasteiger partial charge in [-0.15, -0.1) is 6.42 Å². The summed E-state index contributed by atoms with van der Waals surface area (Å²) in [6.07, 6.45) is 9.56. The Balaban J connectivity index is 1.66. The van der Waals surface area contributed by atoms with Gasteiger partial charge in [-0.3, -0.25) is 4.79 Å². The summed E-state index contributed by atoms with van der Waals surface area (Å²) in [6, 6.07) is 10.4. The Morgan fingerprint density at radius 1 is 1.18 bits per heavy atom. The SMILES string of the molecule is C#CCNC(=O)C[NH+]1CC[NH+](C/C=C/c2ccccc2)CC1. The van der Waals surface area contributed by atoms with Crippen LogP contribution in [0.15, 0.2) is 36.4 Å². The Bertz CT molecular complexity index is 525. The van der Waals surface area contributed by atoms with E-state index in [1.165, 1.54) is 10.5 Å². The van der Waals surface area contributed by atoms with Crippen molar-refractivity contribution in [1.29, 1.82) is 0 Å². The van der Waals surface area contributed by atoms with Crippen LogP contribution in [0.25, 0.3) is 6.08 Å². The number of carbonyl (C=O) groups excluding carboxylic acids is 1. The van der Waals surface area contributed by atoms with Crippen LogP contribution in [0.3, 0.4) is 0 Å². The van der Waals surface area contributed by atoms with E-state index in [9.17, 15) is 4.79 Å². The lowest BCUT2D eigenvalue weighted by Crippen LogP contribution is -3.28. The van der Waals surface area contributed by atoms with E-state index >= 15 is 0 Å². The van der Waals surface area contributed by atoms with Crippen LogP contribution in [0, 0.1) is 12.3 Å². The number of nitrogens with one attached hydrogen (secondary N) is 3. The van der Waals surface area contributed by atoms with Crippen LogP contribution in [0.5, 0.6) is 0 Å². The van der Waals surface area contributed by atoms with Gasteiger partial charge < -0.3 is 15.1 Å². The lowest BCUT2D eigenvalue weighted by Gasteiger charge is -2.28. The smallest absolute Gasteiger partial charge is 0.275 e. The largest absolute Gasteiger partial charge is 0.340 e. The fourth-order valence-corrected chi connectivity index (χ4v) is 2.70. The first-order chi connectivity index (χ1) is 10.8. The van der Waals surface area contributed by atoms with Gasteiger partial charge >= 0.3 is 0 Å². The zero-order valence-corrected chi connectivity index (χ0v) is 13.0. The second-order valence-corrected chi connectivity index (χ2v) is 5.67. The number of hydrogen-bond acceptors (Lipinski definition) is 1. The zero-order valence-electron chi connectivity index (χ0n) is 13.0. The maximum atomic E-state index is 11.6. The van der Waals surface area contributed by atoms with Gasteiger partial charge in [-0.05, 0) is 11.6 Å². The summed E-state index contributed by atoms with van der Waals surface area (Å²) in [5.41, 5.74) is 1.25. The van der Waals surface area contributed by atoms with E-state index in [1.807, 2.05) is 6.07 Å². The summed E-state index contributed by atoms with van der Waals surface area (Å²) < 4.78 is 0. The maximum Gasteiger partial charge on any atom is 0.275 e. The van der Waals surface area contributed by atoms with Crippen LogP contribution in [0.1, 0.15) is 5.56 Å². The van der Waals surface area contributed by atoms with Crippen molar-refractivity contribution in [2.24, 2.45) is 0 Å². The van der Waals surface area contributed by atoms with E-state index < -0.39 is 0 Å². The van der Waals surface area contributed by atoms with E-state index in [-0.39, 0.29) is 5.91 Å². The van der Waals surface area contributed by atoms with Gasteiger partial charge in [0.2, 0.25) is 0 Å². The predicted molar refractivity (Wildman–Crippen MR) is 88.4 cm³/mol. The molecule has 1 aliphatic rings. The predicted octanol–water partition coefficient (Wildman–Crippen LogP) is -1.77. The molecule has 0 bridgehead atoms. The molecule has 1 aromatic carbocycles. The van der Waals surface area contributed by atoms with Crippen LogP contribution in [0.2, 0.25) is 0 Å². The van der Waals surface area contributed by atoms with Gasteiger partial charge in [0, 0.05) is 0 Å². The number of rotatable bonds is 6. The van der Waals surface area contributed by atoms with Crippen molar-refractivity contribution >= 4 is 12.0 Å². The average Bonchev–Trinajstić information content (AvgIpc) is 2.55. The lowest BCUT2D eigenvalue weighted by atomic mass is 10.2. The molecule has 22 heavy (non-hydrogen) atoms. The molecule has 0 saturated carbocycles. The molecule has 4 heteroatoms. The molecule has 1 saturated heterocycles. The van der Waals surface area contributed by atoms with Gasteiger partial charge in [-0.1, -0.05) is 42.3 Å². The first-order valence-electron chi connectivity index (χ1n) is 7.87. The summed E-state index contributed by atoms with van der Waals surface area (Å²) in [5.74, 6) is 2.48. The molecule has 0 aromatic heterocycles. The number of piperazine rings is 1. The molecule has 3 N–H and O–H groups in total. The van der Waals surface area contributed by atoms with Crippen molar-refractivity contribution in [2.75, 3.05) is 45.8 Å². The summed E-state index contributed by atoms with van der Waals surface area (Å²) in [7, 11) is 0. The van der Waals surface area contributed by atoms with E-state index in [1.54, 1.807) is 4.90 Å². The Kier molecular flexibility index (Phi) is 6.69. The van der Waals surface area contributed by atoms with Gasteiger partial charge in [0.05, 0.1) is 13.1 Å². The molecule has 4 nitrogen and oxygen atoms in total. The number of hydrogen-bond donors (Lipinski definition) is 3. The Morgan fingerprint density at radius 2 is 1.86 bits per heavy atom. The number of carbonyl (C=O) groups is 1. The van der Waals surface area contributed by atoms with E-state index in [0.29, 0.717) is 13.1 Å². The number of quaternary nitrogens is 2. The van der Waals surface area contributed by atoms with Gasteiger partial charge in [0.15, 0.2) is 6.54 Å². The molecule has 1 aromatic rings. The summed E-state index contributed by atoms with van der Waals surface area (Å²) >= 11 is 0. The Morgan fingerprint density at radius 3 is 2.55 bits per heavy atom. The molecule has 0 radical (unpaired) electrons. The van der Waals surface area contributed by atoms with Crippen molar-refractivity contribution in [3.05, 3.63) is 42.0 Å². The zero-order chi connectivity index (χ0) is 15.6. The van der Waals surface area contributed by atoms with Crippen molar-refractivity contribution in [3.8, 4) is 12.3 Å². The second-order valence-electron chi connectivity index (χ2n) is 5.67. The molecule has 0 aliphatic carbocycles. The molecule has 0 atom stereocenters. The normalized spacial score (nSPS) is 21.4. The third kappa shape index (κ3) is 5.72. The fourth-order valence-electron chi connectivity index (χ4n) is 2.70. The first-order valence-corrected chi connectivity index (χ1v) is 7.87. The molecule has 1 heterocycles. The summed E-state index contributed by atoms with van der Waals surface area (Å²) in [5, 5.41) is 2.73. The minimum absolute atomic E-state index is 0.0559. The quantitative estimate of drug-likeness (QED) is 0.535. The molecule has 116 valence electrons. The van der Waals surface area contributed by atoms with E-state index in [4.69, 9.17) is 6.42 Å². The molecular weight excluding hydrogens is 274 g/mol. The van der Waals surface area contributed by atoms with Crippen LogP contribution >= 0.6 is 0 Å². The first kappa shape index (κ1) is 16.3. The van der Waals surface area contributed by atoms with Crippen LogP contribution in [-0.2, 0) is 4.79 Å². The summed E-state index contributed by atoms with van der Waals surface area (Å²) in [6.45, 7) is 6.21. The van der Waals surface area contributed by atoms with Crippen LogP contribution in [0.4, 0.5) is 0 Å². The van der Waals surface area contributed by atoms with Gasteiger partial charge in [0.25, 0.3) is 5.91 Å². The highest BCUT2D eigenvalue weighted by atomic mass is 16.2. The monoisotopic (exact) mass is 299 g/mol. The molecule has 1 aliphatic heterocycles. The van der Waals surface area contributed by atoms with Crippen molar-refractivity contribution in [1.82, 2.24) is 5.32 Å². The van der Waals surface area contributed by atoms with Crippen molar-refractivity contribution in [2.45, 2.75) is 0 Å². The highest BCUT2D eigenvalue weighted by molar-refractivity contribution is 5.77. The molecular formula is C18H25N3O+2. The lowest BCUT2D eigenvalue weighted by molar-refractivity contribution is -1.01. The Labute approximate surface area is 132 Å². The number of terminal acetylenes is 1. The average molecular weight is 299 g/mol. The molecule has 0 spiro atoms. The van der Waals surface area contributed by atoms with E-state index in [2.05, 4.69) is 47.7 Å². The number of amides is 1. The molecule has 2 rings (SSSR count). The summed E-state index contributed by atoms with van der Waals surface area (Å²) in [4.78, 5) is 14.6. The molecule has 0 unspecified atom stereocenters. The van der Waals surface area contributed by atoms with Crippen molar-refractivity contribution in [3.63, 3.8) is 0 Å². The second kappa shape index (κ2) is 9.04. The van der Waals surface area contributed by atoms with Crippen molar-refractivity contribution < 1.29 is 14.6 Å². The minimum Gasteiger partial charge on any atom is -0.340 e. The molecule has 1 amide bonds.